The van der Waals surface area contributed by atoms with E-state index in [1.165, 1.54) is 4.88 Å². The first-order chi connectivity index (χ1) is 12.0. The van der Waals surface area contributed by atoms with Crippen molar-refractivity contribution in [2.45, 2.75) is 19.6 Å². The number of carbonyl (C=O) groups excluding carboxylic acids is 2. The van der Waals surface area contributed by atoms with Gasteiger partial charge in [-0.1, -0.05) is 12.1 Å². The second kappa shape index (κ2) is 9.19. The molecule has 1 aromatic heterocycles. The maximum absolute atomic E-state index is 11.9. The molecule has 0 radical (unpaired) electrons. The zero-order valence-electron chi connectivity index (χ0n) is 14.5. The number of benzene rings is 1. The number of amides is 2. The van der Waals surface area contributed by atoms with Gasteiger partial charge in [-0.05, 0) is 36.8 Å². The predicted molar refractivity (Wildman–Crippen MR) is 96.7 cm³/mol. The summed E-state index contributed by atoms with van der Waals surface area (Å²) in [6.45, 7) is 2.49. The largest absolute Gasteiger partial charge is 0.497 e. The molecule has 2 N–H and O–H groups in total. The Labute approximate surface area is 151 Å². The van der Waals surface area contributed by atoms with E-state index in [1.807, 2.05) is 37.3 Å². The van der Waals surface area contributed by atoms with E-state index in [9.17, 15) is 9.59 Å². The van der Waals surface area contributed by atoms with Crippen molar-refractivity contribution in [3.63, 3.8) is 0 Å². The molecule has 0 bridgehead atoms. The van der Waals surface area contributed by atoms with Gasteiger partial charge in [0.25, 0.3) is 0 Å². The number of thiophene rings is 1. The van der Waals surface area contributed by atoms with Gasteiger partial charge in [0.2, 0.25) is 0 Å². The first-order valence-electron chi connectivity index (χ1n) is 7.81. The Morgan fingerprint density at radius 1 is 1.12 bits per heavy atom. The number of hydrogen-bond donors (Lipinski definition) is 2. The lowest BCUT2D eigenvalue weighted by Gasteiger charge is -2.14. The second-order valence-corrected chi connectivity index (χ2v) is 6.74. The van der Waals surface area contributed by atoms with Crippen molar-refractivity contribution < 1.29 is 19.1 Å². The number of aryl methyl sites for hydroxylation is 1. The smallest absolute Gasteiger partial charge is 0.309 e. The number of hydrogen-bond acceptors (Lipinski definition) is 5. The molecule has 134 valence electrons. The summed E-state index contributed by atoms with van der Waals surface area (Å²) in [5.41, 5.74) is 0.851. The minimum Gasteiger partial charge on any atom is -0.497 e. The average molecular weight is 362 g/mol. The fraction of sp³-hybridized carbons (Fsp3) is 0.333. The molecule has 6 nitrogen and oxygen atoms in total. The summed E-state index contributed by atoms with van der Waals surface area (Å²) in [4.78, 5) is 26.0. The molecule has 25 heavy (non-hydrogen) atoms. The van der Waals surface area contributed by atoms with Crippen molar-refractivity contribution in [2.75, 3.05) is 20.8 Å². The third-order valence-electron chi connectivity index (χ3n) is 3.60. The molecule has 0 saturated carbocycles. The molecular formula is C18H22N2O4S. The van der Waals surface area contributed by atoms with Crippen LogP contribution in [0.2, 0.25) is 0 Å². The van der Waals surface area contributed by atoms with Crippen LogP contribution in [0.4, 0.5) is 0 Å². The van der Waals surface area contributed by atoms with Crippen LogP contribution in [0.15, 0.2) is 36.4 Å². The maximum atomic E-state index is 11.9. The van der Waals surface area contributed by atoms with Crippen molar-refractivity contribution in [3.8, 4) is 5.75 Å². The first-order valence-corrected chi connectivity index (χ1v) is 8.63. The van der Waals surface area contributed by atoms with E-state index in [1.54, 1.807) is 31.6 Å². The number of nitrogens with one attached hydrogen (secondary N) is 2. The topological polar surface area (TPSA) is 76.7 Å². The summed E-state index contributed by atoms with van der Waals surface area (Å²) >= 11 is 1.60. The highest BCUT2D eigenvalue weighted by Crippen LogP contribution is 2.24. The highest BCUT2D eigenvalue weighted by atomic mass is 32.1. The number of carbonyl (C=O) groups is 2. The van der Waals surface area contributed by atoms with E-state index in [0.717, 1.165) is 10.4 Å². The highest BCUT2D eigenvalue weighted by molar-refractivity contribution is 7.12. The van der Waals surface area contributed by atoms with Crippen LogP contribution in [0.25, 0.3) is 0 Å². The van der Waals surface area contributed by atoms with E-state index in [4.69, 9.17) is 9.47 Å². The summed E-state index contributed by atoms with van der Waals surface area (Å²) in [5.74, 6) is -0.663. The van der Waals surface area contributed by atoms with Crippen molar-refractivity contribution >= 4 is 23.2 Å². The molecule has 7 heteroatoms. The van der Waals surface area contributed by atoms with Gasteiger partial charge in [0.15, 0.2) is 0 Å². The lowest BCUT2D eigenvalue weighted by molar-refractivity contribution is -0.139. The zero-order chi connectivity index (χ0) is 18.2. The minimum absolute atomic E-state index is 0.238. The first kappa shape index (κ1) is 19.0. The third-order valence-corrected chi connectivity index (χ3v) is 4.70. The van der Waals surface area contributed by atoms with Crippen molar-refractivity contribution in [2.24, 2.45) is 0 Å². The molecule has 1 aromatic carbocycles. The van der Waals surface area contributed by atoms with Crippen LogP contribution >= 0.6 is 11.3 Å². The molecule has 0 spiro atoms. The standard InChI is InChI=1S/C18H22N2O4S/c1-12-7-8-16(25-12)15(24-3)11-20-18(22)17(21)19-10-13-5-4-6-14(9-13)23-2/h4-9,15H,10-11H2,1-3H3,(H,19,21)(H,20,22). The Bertz CT molecular complexity index is 729. The Morgan fingerprint density at radius 3 is 2.52 bits per heavy atom. The number of methoxy groups -OCH3 is 2. The van der Waals surface area contributed by atoms with E-state index >= 15 is 0 Å². The van der Waals surface area contributed by atoms with Crippen molar-refractivity contribution in [3.05, 3.63) is 51.7 Å². The quantitative estimate of drug-likeness (QED) is 0.740. The van der Waals surface area contributed by atoms with Crippen molar-refractivity contribution in [1.82, 2.24) is 10.6 Å². The van der Waals surface area contributed by atoms with Gasteiger partial charge in [-0.2, -0.15) is 0 Å². The SMILES string of the molecule is COc1cccc(CNC(=O)C(=O)NCC(OC)c2ccc(C)s2)c1. The molecule has 0 aliphatic rings. The van der Waals surface area contributed by atoms with Gasteiger partial charge in [-0.25, -0.2) is 0 Å². The van der Waals surface area contributed by atoms with E-state index in [-0.39, 0.29) is 19.2 Å². The Kier molecular flexibility index (Phi) is 6.97. The van der Waals surface area contributed by atoms with Crippen molar-refractivity contribution in [1.29, 1.82) is 0 Å². The fourth-order valence-corrected chi connectivity index (χ4v) is 3.19. The van der Waals surface area contributed by atoms with E-state index in [0.29, 0.717) is 5.75 Å². The zero-order valence-corrected chi connectivity index (χ0v) is 15.3. The molecule has 1 unspecified atom stereocenters. The molecule has 0 aliphatic heterocycles. The molecular weight excluding hydrogens is 340 g/mol. The molecule has 2 rings (SSSR count). The minimum atomic E-state index is -0.682. The monoisotopic (exact) mass is 362 g/mol. The van der Waals surface area contributed by atoms with Crippen LogP contribution in [0.1, 0.15) is 21.4 Å². The van der Waals surface area contributed by atoms with Gasteiger partial charge in [0, 0.05) is 30.0 Å². The molecule has 0 aliphatic carbocycles. The van der Waals surface area contributed by atoms with E-state index in [2.05, 4.69) is 10.6 Å². The van der Waals surface area contributed by atoms with Crippen LogP contribution in [-0.2, 0) is 20.9 Å². The summed E-state index contributed by atoms with van der Waals surface area (Å²) in [5, 5.41) is 5.20. The Hall–Kier alpha value is -2.38. The molecule has 0 fully saturated rings. The van der Waals surface area contributed by atoms with Crippen LogP contribution in [0, 0.1) is 6.92 Å². The van der Waals surface area contributed by atoms with Gasteiger partial charge in [-0.15, -0.1) is 11.3 Å². The maximum Gasteiger partial charge on any atom is 0.309 e. The molecule has 2 amide bonds. The normalized spacial score (nSPS) is 11.6. The van der Waals surface area contributed by atoms with Crippen LogP contribution in [0.3, 0.4) is 0 Å². The molecule has 2 aromatic rings. The van der Waals surface area contributed by atoms with Gasteiger partial charge in [0.1, 0.15) is 11.9 Å². The van der Waals surface area contributed by atoms with Gasteiger partial charge >= 0.3 is 11.8 Å². The molecule has 0 saturated heterocycles. The summed E-state index contributed by atoms with van der Waals surface area (Å²) in [6.07, 6.45) is -0.270. The van der Waals surface area contributed by atoms with Gasteiger partial charge in [-0.3, -0.25) is 9.59 Å². The molecule has 1 heterocycles. The number of ether oxygens (including phenoxy) is 2. The highest BCUT2D eigenvalue weighted by Gasteiger charge is 2.17. The number of rotatable bonds is 7. The lowest BCUT2D eigenvalue weighted by Crippen LogP contribution is -2.41. The third kappa shape index (κ3) is 5.58. The fourth-order valence-electron chi connectivity index (χ4n) is 2.24. The van der Waals surface area contributed by atoms with Gasteiger partial charge < -0.3 is 20.1 Å². The van der Waals surface area contributed by atoms with Crippen LogP contribution < -0.4 is 15.4 Å². The predicted octanol–water partition coefficient (Wildman–Crippen LogP) is 2.19. The van der Waals surface area contributed by atoms with Crippen LogP contribution in [0.5, 0.6) is 5.75 Å². The summed E-state index contributed by atoms with van der Waals surface area (Å²) in [6, 6.07) is 11.2. The second-order valence-electron chi connectivity index (χ2n) is 5.42. The lowest BCUT2D eigenvalue weighted by atomic mass is 10.2. The molecule has 1 atom stereocenters. The van der Waals surface area contributed by atoms with Crippen LogP contribution in [-0.4, -0.2) is 32.6 Å². The summed E-state index contributed by atoms with van der Waals surface area (Å²) < 4.78 is 10.5. The average Bonchev–Trinajstić information content (AvgIpc) is 3.06. The van der Waals surface area contributed by atoms with Gasteiger partial charge in [0.05, 0.1) is 7.11 Å². The van der Waals surface area contributed by atoms with E-state index < -0.39 is 11.8 Å². The summed E-state index contributed by atoms with van der Waals surface area (Å²) in [7, 11) is 3.15. The Morgan fingerprint density at radius 2 is 1.88 bits per heavy atom. The Balaban J connectivity index is 1.82.